The third kappa shape index (κ3) is 1.72. The lowest BCUT2D eigenvalue weighted by Crippen LogP contribution is -2.20. The Morgan fingerprint density at radius 3 is 2.94 bits per heavy atom. The summed E-state index contributed by atoms with van der Waals surface area (Å²) in [5.74, 6) is 0.137. The molecule has 18 heavy (non-hydrogen) atoms. The molecule has 92 valence electrons. The van der Waals surface area contributed by atoms with E-state index in [9.17, 15) is 4.79 Å². The number of carbonyl (C=O) groups excluding carboxylic acids is 1. The Morgan fingerprint density at radius 2 is 2.28 bits per heavy atom. The fourth-order valence-electron chi connectivity index (χ4n) is 2.33. The first-order chi connectivity index (χ1) is 8.63. The minimum Gasteiger partial charge on any atom is -0.383 e. The van der Waals surface area contributed by atoms with Gasteiger partial charge in [0.25, 0.3) is 0 Å². The van der Waals surface area contributed by atoms with Gasteiger partial charge in [-0.15, -0.1) is 0 Å². The van der Waals surface area contributed by atoms with Gasteiger partial charge in [0.05, 0.1) is 17.9 Å². The smallest absolute Gasteiger partial charge is 0.231 e. The number of hydrogen-bond donors (Lipinski definition) is 1. The molecule has 0 bridgehead atoms. The fourth-order valence-corrected chi connectivity index (χ4v) is 2.33. The summed E-state index contributed by atoms with van der Waals surface area (Å²) in [6.07, 6.45) is 2.45. The normalized spacial score (nSPS) is 19.3. The highest BCUT2D eigenvalue weighted by Gasteiger charge is 2.42. The molecule has 0 radical (unpaired) electrons. The van der Waals surface area contributed by atoms with Crippen molar-refractivity contribution in [2.24, 2.45) is 5.41 Å². The van der Waals surface area contributed by atoms with Crippen LogP contribution in [0.25, 0.3) is 0 Å². The van der Waals surface area contributed by atoms with Gasteiger partial charge in [-0.1, -0.05) is 0 Å². The summed E-state index contributed by atoms with van der Waals surface area (Å²) >= 11 is 0. The van der Waals surface area contributed by atoms with E-state index in [2.05, 4.69) is 11.4 Å². The van der Waals surface area contributed by atoms with E-state index in [0.717, 1.165) is 29.8 Å². The topological polar surface area (TPSA) is 56.1 Å². The van der Waals surface area contributed by atoms with E-state index >= 15 is 0 Å². The van der Waals surface area contributed by atoms with E-state index < -0.39 is 0 Å². The summed E-state index contributed by atoms with van der Waals surface area (Å²) in [7, 11) is 1.80. The molecule has 1 saturated carbocycles. The second-order valence-electron chi connectivity index (χ2n) is 5.22. The van der Waals surface area contributed by atoms with Crippen LogP contribution < -0.4 is 10.2 Å². The Bertz CT molecular complexity index is 555. The average molecular weight is 241 g/mol. The zero-order valence-electron chi connectivity index (χ0n) is 10.4. The molecule has 4 heteroatoms. The van der Waals surface area contributed by atoms with Gasteiger partial charge in [-0.3, -0.25) is 4.79 Å². The van der Waals surface area contributed by atoms with Crippen molar-refractivity contribution in [2.75, 3.05) is 23.8 Å². The van der Waals surface area contributed by atoms with Gasteiger partial charge in [-0.05, 0) is 36.6 Å². The molecular weight excluding hydrogens is 226 g/mol. The van der Waals surface area contributed by atoms with E-state index in [-0.39, 0.29) is 11.3 Å². The van der Waals surface area contributed by atoms with Crippen molar-refractivity contribution in [1.82, 2.24) is 0 Å². The molecule has 1 amide bonds. The van der Waals surface area contributed by atoms with Crippen molar-refractivity contribution in [2.45, 2.75) is 19.3 Å². The summed E-state index contributed by atoms with van der Waals surface area (Å²) in [4.78, 5) is 13.3. The van der Waals surface area contributed by atoms with Crippen LogP contribution in [0.5, 0.6) is 0 Å². The van der Waals surface area contributed by atoms with Crippen LogP contribution in [0.15, 0.2) is 18.2 Å². The maximum absolute atomic E-state index is 11.6. The molecule has 0 aromatic heterocycles. The molecule has 1 N–H and O–H groups in total. The maximum atomic E-state index is 11.6. The summed E-state index contributed by atoms with van der Waals surface area (Å²) in [6.45, 7) is 0.700. The van der Waals surface area contributed by atoms with Gasteiger partial charge < -0.3 is 10.2 Å². The van der Waals surface area contributed by atoms with Crippen LogP contribution in [0.2, 0.25) is 0 Å². The largest absolute Gasteiger partial charge is 0.383 e. The molecule has 0 unspecified atom stereocenters. The number of nitrogens with zero attached hydrogens (tertiary/aromatic N) is 2. The highest BCUT2D eigenvalue weighted by Crippen LogP contribution is 2.44. The number of anilines is 2. The van der Waals surface area contributed by atoms with E-state index in [1.807, 2.05) is 18.2 Å². The number of carbonyl (C=O) groups is 1. The Hall–Kier alpha value is -2.02. The maximum Gasteiger partial charge on any atom is 0.231 e. The molecular formula is C14H15N3O. The van der Waals surface area contributed by atoms with Gasteiger partial charge in [0.15, 0.2) is 0 Å². The number of amides is 1. The second kappa shape index (κ2) is 3.74. The standard InChI is InChI=1S/C14H15N3O/c1-17-12-3-2-11(6-10(12)7-13(17)18)16-9-14(8-15)4-5-14/h2-3,6,16H,4-5,7,9H2,1H3. The predicted molar refractivity (Wildman–Crippen MR) is 69.3 cm³/mol. The van der Waals surface area contributed by atoms with E-state index in [1.165, 1.54) is 0 Å². The van der Waals surface area contributed by atoms with Gasteiger partial charge >= 0.3 is 0 Å². The lowest BCUT2D eigenvalue weighted by molar-refractivity contribution is -0.117. The fraction of sp³-hybridized carbons (Fsp3) is 0.429. The highest BCUT2D eigenvalue weighted by atomic mass is 16.2. The molecule has 1 aromatic carbocycles. The van der Waals surface area contributed by atoms with Crippen LogP contribution in [0, 0.1) is 16.7 Å². The predicted octanol–water partition coefficient (Wildman–Crippen LogP) is 1.92. The lowest BCUT2D eigenvalue weighted by Gasteiger charge is -2.12. The minimum absolute atomic E-state index is 0.137. The molecule has 1 aromatic rings. The number of fused-ring (bicyclic) bond motifs is 1. The number of rotatable bonds is 3. The molecule has 2 aliphatic rings. The number of hydrogen-bond acceptors (Lipinski definition) is 3. The third-order valence-electron chi connectivity index (χ3n) is 3.88. The van der Waals surface area contributed by atoms with Gasteiger partial charge in [-0.2, -0.15) is 5.26 Å². The summed E-state index contributed by atoms with van der Waals surface area (Å²) in [5.41, 5.74) is 2.91. The molecule has 1 fully saturated rings. The van der Waals surface area contributed by atoms with Crippen molar-refractivity contribution in [3.63, 3.8) is 0 Å². The first-order valence-corrected chi connectivity index (χ1v) is 6.18. The van der Waals surface area contributed by atoms with Crippen LogP contribution in [-0.2, 0) is 11.2 Å². The van der Waals surface area contributed by atoms with Crippen molar-refractivity contribution < 1.29 is 4.79 Å². The van der Waals surface area contributed by atoms with E-state index in [1.54, 1.807) is 11.9 Å². The molecule has 1 aliphatic carbocycles. The highest BCUT2D eigenvalue weighted by molar-refractivity contribution is 6.01. The molecule has 0 spiro atoms. The first-order valence-electron chi connectivity index (χ1n) is 6.18. The summed E-state index contributed by atoms with van der Waals surface area (Å²) in [5, 5.41) is 12.3. The Labute approximate surface area is 106 Å². The van der Waals surface area contributed by atoms with Crippen LogP contribution >= 0.6 is 0 Å². The first kappa shape index (κ1) is 11.1. The second-order valence-corrected chi connectivity index (χ2v) is 5.22. The number of nitrogens with one attached hydrogen (secondary N) is 1. The van der Waals surface area contributed by atoms with Gasteiger partial charge in [0.1, 0.15) is 0 Å². The zero-order chi connectivity index (χ0) is 12.8. The quantitative estimate of drug-likeness (QED) is 0.879. The molecule has 1 heterocycles. The number of benzene rings is 1. The molecule has 4 nitrogen and oxygen atoms in total. The Kier molecular flexibility index (Phi) is 2.30. The zero-order valence-corrected chi connectivity index (χ0v) is 10.4. The number of nitriles is 1. The molecule has 0 saturated heterocycles. The Morgan fingerprint density at radius 1 is 1.50 bits per heavy atom. The monoisotopic (exact) mass is 241 g/mol. The molecule has 1 aliphatic heterocycles. The van der Waals surface area contributed by atoms with Crippen molar-refractivity contribution in [3.05, 3.63) is 23.8 Å². The van der Waals surface area contributed by atoms with Crippen molar-refractivity contribution in [3.8, 4) is 6.07 Å². The van der Waals surface area contributed by atoms with Crippen LogP contribution in [0.4, 0.5) is 11.4 Å². The van der Waals surface area contributed by atoms with Crippen LogP contribution in [0.3, 0.4) is 0 Å². The van der Waals surface area contributed by atoms with Gasteiger partial charge in [0, 0.05) is 25.0 Å². The number of likely N-dealkylation sites (N-methyl/N-ethyl adjacent to an activating group) is 1. The average Bonchev–Trinajstić information content (AvgIpc) is 3.11. The molecule has 0 atom stereocenters. The van der Waals surface area contributed by atoms with Gasteiger partial charge in [-0.25, -0.2) is 0 Å². The third-order valence-corrected chi connectivity index (χ3v) is 3.88. The summed E-state index contributed by atoms with van der Waals surface area (Å²) < 4.78 is 0. The molecule has 3 rings (SSSR count). The van der Waals surface area contributed by atoms with Crippen LogP contribution in [0.1, 0.15) is 18.4 Å². The SMILES string of the molecule is CN1C(=O)Cc2cc(NCC3(C#N)CC3)ccc21. The van der Waals surface area contributed by atoms with Crippen LogP contribution in [-0.4, -0.2) is 19.5 Å². The lowest BCUT2D eigenvalue weighted by atomic mass is 10.1. The van der Waals surface area contributed by atoms with E-state index in [0.29, 0.717) is 13.0 Å². The minimum atomic E-state index is -0.147. The van der Waals surface area contributed by atoms with Crippen molar-refractivity contribution >= 4 is 17.3 Å². The van der Waals surface area contributed by atoms with Crippen molar-refractivity contribution in [1.29, 1.82) is 5.26 Å². The summed E-state index contributed by atoms with van der Waals surface area (Å²) in [6, 6.07) is 8.32. The van der Waals surface area contributed by atoms with E-state index in [4.69, 9.17) is 5.26 Å². The van der Waals surface area contributed by atoms with Gasteiger partial charge in [0.2, 0.25) is 5.91 Å². The Balaban J connectivity index is 1.74.